The molecule has 0 spiro atoms. The molecule has 2 aliphatic heterocycles. The first kappa shape index (κ1) is 22.7. The summed E-state index contributed by atoms with van der Waals surface area (Å²) in [6, 6.07) is 14.9. The Bertz CT molecular complexity index is 1100. The highest BCUT2D eigenvalue weighted by molar-refractivity contribution is 7.99. The molecule has 1 atom stereocenters. The van der Waals surface area contributed by atoms with Gasteiger partial charge in [-0.2, -0.15) is 0 Å². The lowest BCUT2D eigenvalue weighted by Gasteiger charge is -2.36. The average Bonchev–Trinajstić information content (AvgIpc) is 2.95. The molecule has 2 aromatic carbocycles. The number of hydrogen-bond acceptors (Lipinski definition) is 6. The standard InChI is InChI=1S/C23H27N3O4S2/c1-17-16-31-21-8-7-19(15-20(21)24-23(17)28)32(29,30)14-9-22(27)26-12-10-25(11-13-26)18-5-3-2-4-6-18/h2-8,15,17H,9-14,16H2,1H3,(H,24,28). The van der Waals surface area contributed by atoms with E-state index in [1.54, 1.807) is 17.0 Å². The first-order chi connectivity index (χ1) is 15.3. The number of piperazine rings is 1. The number of hydrogen-bond donors (Lipinski definition) is 1. The molecule has 0 bridgehead atoms. The number of thioether (sulfide) groups is 1. The monoisotopic (exact) mass is 473 g/mol. The van der Waals surface area contributed by atoms with Crippen LogP contribution in [0.1, 0.15) is 13.3 Å². The number of nitrogens with one attached hydrogen (secondary N) is 1. The summed E-state index contributed by atoms with van der Waals surface area (Å²) < 4.78 is 25.8. The minimum atomic E-state index is -3.64. The summed E-state index contributed by atoms with van der Waals surface area (Å²) >= 11 is 1.53. The molecule has 0 radical (unpaired) electrons. The van der Waals surface area contributed by atoms with Gasteiger partial charge in [-0.3, -0.25) is 9.59 Å². The zero-order chi connectivity index (χ0) is 22.7. The third-order valence-corrected chi connectivity index (χ3v) is 8.89. The molecule has 1 saturated heterocycles. The molecule has 32 heavy (non-hydrogen) atoms. The SMILES string of the molecule is CC1CSc2ccc(S(=O)(=O)CCC(=O)N3CCN(c4ccccc4)CC3)cc2NC1=O. The van der Waals surface area contributed by atoms with Crippen molar-refractivity contribution < 1.29 is 18.0 Å². The van der Waals surface area contributed by atoms with E-state index in [0.717, 1.165) is 23.7 Å². The number of para-hydroxylation sites is 1. The Hall–Kier alpha value is -2.52. The predicted octanol–water partition coefficient (Wildman–Crippen LogP) is 2.88. The Morgan fingerprint density at radius 1 is 1.09 bits per heavy atom. The lowest BCUT2D eigenvalue weighted by Crippen LogP contribution is -2.49. The van der Waals surface area contributed by atoms with Crippen LogP contribution >= 0.6 is 11.8 Å². The third kappa shape index (κ3) is 5.10. The van der Waals surface area contributed by atoms with Crippen molar-refractivity contribution in [1.29, 1.82) is 0 Å². The van der Waals surface area contributed by atoms with Crippen LogP contribution < -0.4 is 10.2 Å². The first-order valence-corrected chi connectivity index (χ1v) is 13.4. The fraction of sp³-hybridized carbons (Fsp3) is 0.391. The van der Waals surface area contributed by atoms with Gasteiger partial charge in [-0.15, -0.1) is 11.8 Å². The maximum atomic E-state index is 12.9. The van der Waals surface area contributed by atoms with E-state index in [1.165, 1.54) is 17.8 Å². The van der Waals surface area contributed by atoms with Crippen LogP contribution in [0, 0.1) is 5.92 Å². The van der Waals surface area contributed by atoms with Gasteiger partial charge in [-0.05, 0) is 30.3 Å². The molecule has 0 aromatic heterocycles. The van der Waals surface area contributed by atoms with Crippen LogP contribution in [0.2, 0.25) is 0 Å². The molecular weight excluding hydrogens is 446 g/mol. The molecule has 2 amide bonds. The van der Waals surface area contributed by atoms with Gasteiger partial charge in [0.25, 0.3) is 0 Å². The van der Waals surface area contributed by atoms with Gasteiger partial charge < -0.3 is 15.1 Å². The largest absolute Gasteiger partial charge is 0.368 e. The maximum absolute atomic E-state index is 12.9. The molecular formula is C23H27N3O4S2. The second-order valence-corrected chi connectivity index (χ2v) is 11.3. The topological polar surface area (TPSA) is 86.8 Å². The molecule has 2 aliphatic rings. The van der Waals surface area contributed by atoms with Gasteiger partial charge in [0.15, 0.2) is 9.84 Å². The van der Waals surface area contributed by atoms with Gasteiger partial charge in [0.1, 0.15) is 0 Å². The number of carbonyl (C=O) groups is 2. The third-order valence-electron chi connectivity index (χ3n) is 5.84. The fourth-order valence-electron chi connectivity index (χ4n) is 3.82. The molecule has 2 heterocycles. The molecule has 2 aromatic rings. The molecule has 170 valence electrons. The molecule has 7 nitrogen and oxygen atoms in total. The number of rotatable bonds is 5. The second-order valence-electron chi connectivity index (χ2n) is 8.13. The highest BCUT2D eigenvalue weighted by Gasteiger charge is 2.25. The number of fused-ring (bicyclic) bond motifs is 1. The lowest BCUT2D eigenvalue weighted by molar-refractivity contribution is -0.131. The quantitative estimate of drug-likeness (QED) is 0.719. The summed E-state index contributed by atoms with van der Waals surface area (Å²) in [6.45, 7) is 4.45. The number of nitrogens with zero attached hydrogens (tertiary/aromatic N) is 2. The summed E-state index contributed by atoms with van der Waals surface area (Å²) in [5, 5.41) is 2.81. The van der Waals surface area contributed by atoms with Gasteiger partial charge in [-0.25, -0.2) is 8.42 Å². The number of benzene rings is 2. The molecule has 9 heteroatoms. The van der Waals surface area contributed by atoms with Crippen molar-refractivity contribution in [2.45, 2.75) is 23.1 Å². The van der Waals surface area contributed by atoms with E-state index in [-0.39, 0.29) is 34.8 Å². The lowest BCUT2D eigenvalue weighted by atomic mass is 10.2. The molecule has 1 N–H and O–H groups in total. The minimum absolute atomic E-state index is 0.0527. The number of carbonyl (C=O) groups excluding carboxylic acids is 2. The van der Waals surface area contributed by atoms with Crippen molar-refractivity contribution in [2.75, 3.05) is 47.9 Å². The summed E-state index contributed by atoms with van der Waals surface area (Å²) in [5.74, 6) is -0.00498. The zero-order valence-electron chi connectivity index (χ0n) is 18.0. The molecule has 1 fully saturated rings. The van der Waals surface area contributed by atoms with E-state index in [4.69, 9.17) is 0 Å². The Morgan fingerprint density at radius 2 is 1.81 bits per heavy atom. The minimum Gasteiger partial charge on any atom is -0.368 e. The first-order valence-electron chi connectivity index (χ1n) is 10.7. The van der Waals surface area contributed by atoms with Gasteiger partial charge >= 0.3 is 0 Å². The Morgan fingerprint density at radius 3 is 2.53 bits per heavy atom. The summed E-state index contributed by atoms with van der Waals surface area (Å²) in [6.07, 6.45) is -0.0527. The smallest absolute Gasteiger partial charge is 0.228 e. The van der Waals surface area contributed by atoms with Gasteiger partial charge in [-0.1, -0.05) is 25.1 Å². The molecule has 0 saturated carbocycles. The number of amides is 2. The number of sulfone groups is 1. The molecule has 0 aliphatic carbocycles. The van der Waals surface area contributed by atoms with E-state index in [2.05, 4.69) is 10.2 Å². The Labute approximate surface area is 193 Å². The zero-order valence-corrected chi connectivity index (χ0v) is 19.6. The van der Waals surface area contributed by atoms with E-state index in [0.29, 0.717) is 24.5 Å². The van der Waals surface area contributed by atoms with Gasteiger partial charge in [0, 0.05) is 54.9 Å². The van der Waals surface area contributed by atoms with Crippen LogP contribution in [0.15, 0.2) is 58.3 Å². The van der Waals surface area contributed by atoms with Crippen molar-refractivity contribution in [3.05, 3.63) is 48.5 Å². The van der Waals surface area contributed by atoms with Gasteiger partial charge in [0.2, 0.25) is 11.8 Å². The maximum Gasteiger partial charge on any atom is 0.228 e. The Kier molecular flexibility index (Phi) is 6.76. The van der Waals surface area contributed by atoms with Crippen molar-refractivity contribution >= 4 is 44.8 Å². The average molecular weight is 474 g/mol. The van der Waals surface area contributed by atoms with Crippen molar-refractivity contribution in [1.82, 2.24) is 4.90 Å². The van der Waals surface area contributed by atoms with Crippen LogP contribution in [0.4, 0.5) is 11.4 Å². The van der Waals surface area contributed by atoms with Crippen LogP contribution in [0.3, 0.4) is 0 Å². The van der Waals surface area contributed by atoms with Crippen LogP contribution in [0.5, 0.6) is 0 Å². The van der Waals surface area contributed by atoms with Crippen molar-refractivity contribution in [3.63, 3.8) is 0 Å². The number of anilines is 2. The Balaban J connectivity index is 1.35. The normalized spacial score (nSPS) is 19.2. The summed E-state index contributed by atoms with van der Waals surface area (Å²) in [4.78, 5) is 29.7. The molecule has 1 unspecified atom stereocenters. The van der Waals surface area contributed by atoms with Gasteiger partial charge in [0.05, 0.1) is 16.3 Å². The van der Waals surface area contributed by atoms with Crippen molar-refractivity contribution in [2.24, 2.45) is 5.92 Å². The predicted molar refractivity (Wildman–Crippen MR) is 127 cm³/mol. The summed E-state index contributed by atoms with van der Waals surface area (Å²) in [7, 11) is -3.64. The van der Waals surface area contributed by atoms with E-state index in [9.17, 15) is 18.0 Å². The van der Waals surface area contributed by atoms with Crippen LogP contribution in [0.25, 0.3) is 0 Å². The second kappa shape index (κ2) is 9.54. The van der Waals surface area contributed by atoms with Crippen molar-refractivity contribution in [3.8, 4) is 0 Å². The van der Waals surface area contributed by atoms with E-state index < -0.39 is 9.84 Å². The highest BCUT2D eigenvalue weighted by atomic mass is 32.2. The summed E-state index contributed by atoms with van der Waals surface area (Å²) in [5.41, 5.74) is 1.65. The van der Waals surface area contributed by atoms with E-state index >= 15 is 0 Å². The van der Waals surface area contributed by atoms with Crippen LogP contribution in [-0.2, 0) is 19.4 Å². The van der Waals surface area contributed by atoms with E-state index in [1.807, 2.05) is 37.3 Å². The highest BCUT2D eigenvalue weighted by Crippen LogP contribution is 2.34. The fourth-order valence-corrected chi connectivity index (χ4v) is 6.09. The molecule has 4 rings (SSSR count). The van der Waals surface area contributed by atoms with Crippen LogP contribution in [-0.4, -0.2) is 62.8 Å².